The minimum atomic E-state index is -0.640. The molecule has 0 saturated heterocycles. The van der Waals surface area contributed by atoms with Crippen molar-refractivity contribution in [1.29, 1.82) is 0 Å². The Kier molecular flexibility index (Phi) is 5.03. The number of ketones is 2. The SMILES string of the molecule is COC1=C(Oc2ccccc2)C(=O)C(OC)=C(Oc2ccccc2)C1=O. The second-order valence-corrected chi connectivity index (χ2v) is 5.21. The van der Waals surface area contributed by atoms with E-state index in [1.54, 1.807) is 60.7 Å². The molecule has 0 unspecified atom stereocenters. The summed E-state index contributed by atoms with van der Waals surface area (Å²) in [6.45, 7) is 0. The Hall–Kier alpha value is -3.54. The fraction of sp³-hybridized carbons (Fsp3) is 0.100. The van der Waals surface area contributed by atoms with E-state index in [1.165, 1.54) is 14.2 Å². The fourth-order valence-corrected chi connectivity index (χ4v) is 2.39. The molecule has 6 nitrogen and oxygen atoms in total. The molecule has 1 aliphatic rings. The molecule has 0 N–H and O–H groups in total. The Labute approximate surface area is 150 Å². The van der Waals surface area contributed by atoms with Crippen molar-refractivity contribution in [1.82, 2.24) is 0 Å². The van der Waals surface area contributed by atoms with Crippen molar-refractivity contribution in [3.63, 3.8) is 0 Å². The molecule has 6 heteroatoms. The number of hydrogen-bond donors (Lipinski definition) is 0. The van der Waals surface area contributed by atoms with E-state index in [9.17, 15) is 9.59 Å². The van der Waals surface area contributed by atoms with Gasteiger partial charge < -0.3 is 18.9 Å². The molecule has 0 fully saturated rings. The minimum Gasteiger partial charge on any atom is -0.489 e. The Morgan fingerprint density at radius 1 is 0.538 bits per heavy atom. The highest BCUT2D eigenvalue weighted by Crippen LogP contribution is 2.29. The average molecular weight is 352 g/mol. The first kappa shape index (κ1) is 17.3. The van der Waals surface area contributed by atoms with Crippen molar-refractivity contribution in [2.45, 2.75) is 0 Å². The number of hydrogen-bond acceptors (Lipinski definition) is 6. The van der Waals surface area contributed by atoms with Crippen LogP contribution in [0.4, 0.5) is 0 Å². The molecule has 132 valence electrons. The molecule has 0 aromatic heterocycles. The third-order valence-corrected chi connectivity index (χ3v) is 3.57. The lowest BCUT2D eigenvalue weighted by atomic mass is 10.0. The van der Waals surface area contributed by atoms with Crippen LogP contribution in [0.3, 0.4) is 0 Å². The highest BCUT2D eigenvalue weighted by molar-refractivity contribution is 6.22. The number of Topliss-reactive ketones (excluding diaryl/α,β-unsaturated/α-hetero) is 2. The molecule has 0 heterocycles. The number of rotatable bonds is 6. The second kappa shape index (κ2) is 7.57. The smallest absolute Gasteiger partial charge is 0.270 e. The summed E-state index contributed by atoms with van der Waals surface area (Å²) in [6, 6.07) is 17.2. The number of carbonyl (C=O) groups excluding carboxylic acids is 2. The normalized spacial score (nSPS) is 14.4. The quantitative estimate of drug-likeness (QED) is 0.744. The maximum Gasteiger partial charge on any atom is 0.270 e. The molecule has 0 amide bonds. The fourth-order valence-electron chi connectivity index (χ4n) is 2.39. The van der Waals surface area contributed by atoms with Gasteiger partial charge in [0.15, 0.2) is 0 Å². The summed E-state index contributed by atoms with van der Waals surface area (Å²) in [5.41, 5.74) is 0. The van der Waals surface area contributed by atoms with Gasteiger partial charge in [0, 0.05) is 0 Å². The molecule has 3 rings (SSSR count). The van der Waals surface area contributed by atoms with Gasteiger partial charge in [-0.05, 0) is 24.3 Å². The zero-order chi connectivity index (χ0) is 18.5. The first-order chi connectivity index (χ1) is 12.7. The molecule has 2 aromatic carbocycles. The van der Waals surface area contributed by atoms with Crippen LogP contribution in [-0.4, -0.2) is 25.8 Å². The zero-order valence-corrected chi connectivity index (χ0v) is 14.2. The largest absolute Gasteiger partial charge is 0.489 e. The van der Waals surface area contributed by atoms with E-state index in [2.05, 4.69) is 0 Å². The van der Waals surface area contributed by atoms with Crippen LogP contribution in [0.1, 0.15) is 0 Å². The lowest BCUT2D eigenvalue weighted by molar-refractivity contribution is -0.124. The van der Waals surface area contributed by atoms with Crippen molar-refractivity contribution >= 4 is 11.6 Å². The number of ether oxygens (including phenoxy) is 4. The zero-order valence-electron chi connectivity index (χ0n) is 14.2. The molecule has 0 spiro atoms. The summed E-state index contributed by atoms with van der Waals surface area (Å²) in [7, 11) is 2.57. The molecule has 0 radical (unpaired) electrons. The van der Waals surface area contributed by atoms with E-state index in [-0.39, 0.29) is 23.0 Å². The van der Waals surface area contributed by atoms with Gasteiger partial charge in [-0.25, -0.2) is 0 Å². The van der Waals surface area contributed by atoms with Gasteiger partial charge >= 0.3 is 0 Å². The third-order valence-electron chi connectivity index (χ3n) is 3.57. The molecular weight excluding hydrogens is 336 g/mol. The highest BCUT2D eigenvalue weighted by atomic mass is 16.5. The van der Waals surface area contributed by atoms with Gasteiger partial charge in [0.05, 0.1) is 14.2 Å². The van der Waals surface area contributed by atoms with E-state index >= 15 is 0 Å². The van der Waals surface area contributed by atoms with Crippen LogP contribution in [0.25, 0.3) is 0 Å². The van der Waals surface area contributed by atoms with Crippen LogP contribution in [0, 0.1) is 0 Å². The standard InChI is InChI=1S/C20H16O6/c1-23-17-15(21)20(26-14-11-7-4-8-12-14)18(24-2)16(22)19(17)25-13-9-5-3-6-10-13/h3-12H,1-2H3. The lowest BCUT2D eigenvalue weighted by Gasteiger charge is -2.21. The van der Waals surface area contributed by atoms with Crippen molar-refractivity contribution in [2.75, 3.05) is 14.2 Å². The summed E-state index contributed by atoms with van der Waals surface area (Å²) in [4.78, 5) is 25.6. The van der Waals surface area contributed by atoms with Crippen LogP contribution in [0.15, 0.2) is 83.7 Å². The predicted octanol–water partition coefficient (Wildman–Crippen LogP) is 3.01. The summed E-state index contributed by atoms with van der Waals surface area (Å²) < 4.78 is 21.4. The Balaban J connectivity index is 2.00. The van der Waals surface area contributed by atoms with Crippen molar-refractivity contribution in [3.8, 4) is 11.5 Å². The molecular formula is C20H16O6. The molecule has 0 atom stereocenters. The number of para-hydroxylation sites is 2. The Morgan fingerprint density at radius 3 is 1.19 bits per heavy atom. The number of carbonyl (C=O) groups is 2. The first-order valence-electron chi connectivity index (χ1n) is 7.77. The van der Waals surface area contributed by atoms with Crippen LogP contribution < -0.4 is 9.47 Å². The Morgan fingerprint density at radius 2 is 0.885 bits per heavy atom. The van der Waals surface area contributed by atoms with Gasteiger partial charge in [-0.2, -0.15) is 0 Å². The first-order valence-corrected chi connectivity index (χ1v) is 7.77. The van der Waals surface area contributed by atoms with E-state index < -0.39 is 11.6 Å². The van der Waals surface area contributed by atoms with Crippen LogP contribution in [0.5, 0.6) is 11.5 Å². The summed E-state index contributed by atoms with van der Waals surface area (Å²) in [5, 5.41) is 0. The van der Waals surface area contributed by atoms with Gasteiger partial charge in [0.2, 0.25) is 23.0 Å². The summed E-state index contributed by atoms with van der Waals surface area (Å²) >= 11 is 0. The van der Waals surface area contributed by atoms with Crippen molar-refractivity contribution < 1.29 is 28.5 Å². The maximum absolute atomic E-state index is 12.8. The van der Waals surface area contributed by atoms with Crippen molar-refractivity contribution in [2.24, 2.45) is 0 Å². The van der Waals surface area contributed by atoms with Gasteiger partial charge in [-0.15, -0.1) is 0 Å². The minimum absolute atomic E-state index is 0.245. The predicted molar refractivity (Wildman–Crippen MR) is 92.2 cm³/mol. The number of benzene rings is 2. The lowest BCUT2D eigenvalue weighted by Crippen LogP contribution is -2.30. The van der Waals surface area contributed by atoms with E-state index in [0.29, 0.717) is 11.5 Å². The maximum atomic E-state index is 12.8. The average Bonchev–Trinajstić information content (AvgIpc) is 2.68. The molecule has 2 aromatic rings. The highest BCUT2D eigenvalue weighted by Gasteiger charge is 2.40. The van der Waals surface area contributed by atoms with Gasteiger partial charge in [0.25, 0.3) is 11.6 Å². The van der Waals surface area contributed by atoms with Crippen LogP contribution in [-0.2, 0) is 19.1 Å². The van der Waals surface area contributed by atoms with Crippen LogP contribution >= 0.6 is 0 Å². The topological polar surface area (TPSA) is 71.1 Å². The molecule has 0 aliphatic heterocycles. The van der Waals surface area contributed by atoms with E-state index in [1.807, 2.05) is 0 Å². The van der Waals surface area contributed by atoms with Crippen LogP contribution in [0.2, 0.25) is 0 Å². The summed E-state index contributed by atoms with van der Waals surface area (Å²) in [5.74, 6) is -1.49. The monoisotopic (exact) mass is 352 g/mol. The van der Waals surface area contributed by atoms with E-state index in [4.69, 9.17) is 18.9 Å². The Bertz CT molecular complexity index is 806. The molecule has 0 bridgehead atoms. The van der Waals surface area contributed by atoms with Gasteiger partial charge in [-0.3, -0.25) is 9.59 Å². The molecule has 26 heavy (non-hydrogen) atoms. The summed E-state index contributed by atoms with van der Waals surface area (Å²) in [6.07, 6.45) is 0. The number of methoxy groups -OCH3 is 2. The van der Waals surface area contributed by atoms with Crippen molar-refractivity contribution in [3.05, 3.63) is 83.7 Å². The van der Waals surface area contributed by atoms with E-state index in [0.717, 1.165) is 0 Å². The second-order valence-electron chi connectivity index (χ2n) is 5.21. The third kappa shape index (κ3) is 3.30. The van der Waals surface area contributed by atoms with Gasteiger partial charge in [-0.1, -0.05) is 36.4 Å². The molecule has 0 saturated carbocycles. The molecule has 1 aliphatic carbocycles. The van der Waals surface area contributed by atoms with Gasteiger partial charge in [0.1, 0.15) is 11.5 Å².